The maximum absolute atomic E-state index is 12.7. The van der Waals surface area contributed by atoms with Crippen LogP contribution in [-0.2, 0) is 27.8 Å². The molecule has 1 aromatic heterocycles. The van der Waals surface area contributed by atoms with E-state index in [0.717, 1.165) is 42.8 Å². The van der Waals surface area contributed by atoms with Crippen LogP contribution in [0.2, 0.25) is 0 Å². The summed E-state index contributed by atoms with van der Waals surface area (Å²) in [4.78, 5) is 12.8. The minimum atomic E-state index is -3.46. The van der Waals surface area contributed by atoms with Crippen LogP contribution in [0.1, 0.15) is 50.1 Å². The number of nitrogens with one attached hydrogen (secondary N) is 1. The second-order valence-electron chi connectivity index (χ2n) is 8.44. The van der Waals surface area contributed by atoms with Gasteiger partial charge >= 0.3 is 0 Å². The smallest absolute Gasteiger partial charge is 0.243 e. The van der Waals surface area contributed by atoms with Gasteiger partial charge in [0.05, 0.1) is 17.0 Å². The Labute approximate surface area is 179 Å². The SMILES string of the molecule is Cc1nn(CC(C)C)c(C)c1CC(=O)Nc1ccc(S(=O)(=O)N2CCCCC2)cc1. The van der Waals surface area contributed by atoms with Gasteiger partial charge in [0, 0.05) is 36.6 Å². The van der Waals surface area contributed by atoms with Crippen LogP contribution in [0.25, 0.3) is 0 Å². The molecular formula is C22H32N4O3S. The summed E-state index contributed by atoms with van der Waals surface area (Å²) < 4.78 is 29.0. The van der Waals surface area contributed by atoms with Crippen LogP contribution in [0.4, 0.5) is 5.69 Å². The van der Waals surface area contributed by atoms with Crippen LogP contribution < -0.4 is 5.32 Å². The van der Waals surface area contributed by atoms with E-state index in [-0.39, 0.29) is 17.2 Å². The second kappa shape index (κ2) is 9.31. The van der Waals surface area contributed by atoms with Gasteiger partial charge in [0.15, 0.2) is 0 Å². The fourth-order valence-electron chi connectivity index (χ4n) is 3.84. The highest BCUT2D eigenvalue weighted by Crippen LogP contribution is 2.22. The number of hydrogen-bond acceptors (Lipinski definition) is 4. The lowest BCUT2D eigenvalue weighted by molar-refractivity contribution is -0.115. The van der Waals surface area contributed by atoms with Crippen molar-refractivity contribution in [3.8, 4) is 0 Å². The third-order valence-corrected chi connectivity index (χ3v) is 7.41. The summed E-state index contributed by atoms with van der Waals surface area (Å²) >= 11 is 0. The Morgan fingerprint density at radius 2 is 1.73 bits per heavy atom. The van der Waals surface area contributed by atoms with Gasteiger partial charge in [0.1, 0.15) is 0 Å². The van der Waals surface area contributed by atoms with Crippen LogP contribution in [0.15, 0.2) is 29.2 Å². The minimum Gasteiger partial charge on any atom is -0.326 e. The molecule has 0 aliphatic carbocycles. The standard InChI is InChI=1S/C22H32N4O3S/c1-16(2)15-26-18(4)21(17(3)24-26)14-22(27)23-19-8-10-20(11-9-19)30(28,29)25-12-6-5-7-13-25/h8-11,16H,5-7,12-15H2,1-4H3,(H,23,27). The number of aryl methyl sites for hydroxylation is 1. The van der Waals surface area contributed by atoms with Gasteiger partial charge in [0.2, 0.25) is 15.9 Å². The number of rotatable bonds is 7. The number of hydrogen-bond donors (Lipinski definition) is 1. The Kier molecular flexibility index (Phi) is 6.98. The molecule has 1 N–H and O–H groups in total. The Balaban J connectivity index is 1.66. The first kappa shape index (κ1) is 22.5. The van der Waals surface area contributed by atoms with Gasteiger partial charge < -0.3 is 5.32 Å². The molecule has 1 aliphatic heterocycles. The summed E-state index contributed by atoms with van der Waals surface area (Å²) in [6.07, 6.45) is 3.12. The fraction of sp³-hybridized carbons (Fsp3) is 0.545. The van der Waals surface area contributed by atoms with E-state index in [1.165, 1.54) is 0 Å². The van der Waals surface area contributed by atoms with E-state index in [9.17, 15) is 13.2 Å². The van der Waals surface area contributed by atoms with Gasteiger partial charge in [-0.15, -0.1) is 0 Å². The first-order chi connectivity index (χ1) is 14.2. The normalized spacial score (nSPS) is 15.5. The fourth-order valence-corrected chi connectivity index (χ4v) is 5.36. The number of piperidine rings is 1. The molecule has 0 radical (unpaired) electrons. The largest absolute Gasteiger partial charge is 0.326 e. The molecule has 1 amide bonds. The van der Waals surface area contributed by atoms with Crippen molar-refractivity contribution >= 4 is 21.6 Å². The number of aromatic nitrogens is 2. The highest BCUT2D eigenvalue weighted by atomic mass is 32.2. The van der Waals surface area contributed by atoms with Gasteiger partial charge in [-0.3, -0.25) is 9.48 Å². The Morgan fingerprint density at radius 1 is 1.10 bits per heavy atom. The number of benzene rings is 1. The van der Waals surface area contributed by atoms with Gasteiger partial charge in [-0.25, -0.2) is 8.42 Å². The van der Waals surface area contributed by atoms with Crippen LogP contribution in [-0.4, -0.2) is 41.5 Å². The Bertz CT molecular complexity index is 988. The predicted octanol–water partition coefficient (Wildman–Crippen LogP) is 3.51. The highest BCUT2D eigenvalue weighted by Gasteiger charge is 2.25. The zero-order valence-electron chi connectivity index (χ0n) is 18.3. The topological polar surface area (TPSA) is 84.3 Å². The Hall–Kier alpha value is -2.19. The molecule has 1 aromatic carbocycles. The number of sulfonamides is 1. The summed E-state index contributed by atoms with van der Waals surface area (Å²) in [5.41, 5.74) is 3.41. The van der Waals surface area contributed by atoms with Crippen molar-refractivity contribution in [2.75, 3.05) is 18.4 Å². The quantitative estimate of drug-likeness (QED) is 0.726. The molecule has 3 rings (SSSR count). The number of carbonyl (C=O) groups excluding carboxylic acids is 1. The molecule has 0 unspecified atom stereocenters. The molecule has 8 heteroatoms. The number of amides is 1. The van der Waals surface area contributed by atoms with Gasteiger partial charge in [0.25, 0.3) is 0 Å². The van der Waals surface area contributed by atoms with Crippen LogP contribution >= 0.6 is 0 Å². The molecule has 2 heterocycles. The van der Waals surface area contributed by atoms with Crippen molar-refractivity contribution in [1.29, 1.82) is 0 Å². The molecule has 7 nitrogen and oxygen atoms in total. The van der Waals surface area contributed by atoms with Crippen molar-refractivity contribution in [3.63, 3.8) is 0 Å². The first-order valence-electron chi connectivity index (χ1n) is 10.6. The summed E-state index contributed by atoms with van der Waals surface area (Å²) in [5, 5.41) is 7.43. The lowest BCUT2D eigenvalue weighted by Crippen LogP contribution is -2.35. The molecule has 164 valence electrons. The van der Waals surface area contributed by atoms with Crippen LogP contribution in [0.5, 0.6) is 0 Å². The highest BCUT2D eigenvalue weighted by molar-refractivity contribution is 7.89. The van der Waals surface area contributed by atoms with Crippen molar-refractivity contribution in [3.05, 3.63) is 41.2 Å². The van der Waals surface area contributed by atoms with E-state index in [0.29, 0.717) is 24.7 Å². The summed E-state index contributed by atoms with van der Waals surface area (Å²) in [6, 6.07) is 6.43. The predicted molar refractivity (Wildman–Crippen MR) is 118 cm³/mol. The number of anilines is 1. The van der Waals surface area contributed by atoms with Gasteiger partial charge in [-0.05, 0) is 56.9 Å². The molecule has 0 spiro atoms. The van der Waals surface area contributed by atoms with E-state index < -0.39 is 10.0 Å². The van der Waals surface area contributed by atoms with E-state index in [4.69, 9.17) is 0 Å². The average molecular weight is 433 g/mol. The van der Waals surface area contributed by atoms with Crippen LogP contribution in [0.3, 0.4) is 0 Å². The minimum absolute atomic E-state index is 0.142. The molecule has 1 aliphatic rings. The van der Waals surface area contributed by atoms with Crippen molar-refractivity contribution in [1.82, 2.24) is 14.1 Å². The van der Waals surface area contributed by atoms with Crippen molar-refractivity contribution < 1.29 is 13.2 Å². The molecule has 0 saturated carbocycles. The van der Waals surface area contributed by atoms with Crippen molar-refractivity contribution in [2.45, 2.75) is 64.8 Å². The first-order valence-corrected chi connectivity index (χ1v) is 12.1. The van der Waals surface area contributed by atoms with Crippen LogP contribution in [0, 0.1) is 19.8 Å². The lowest BCUT2D eigenvalue weighted by atomic mass is 10.1. The third-order valence-electron chi connectivity index (χ3n) is 5.50. The summed E-state index contributed by atoms with van der Waals surface area (Å²) in [6.45, 7) is 10.2. The average Bonchev–Trinajstić information content (AvgIpc) is 2.96. The van der Waals surface area contributed by atoms with E-state index in [1.807, 2.05) is 18.5 Å². The van der Waals surface area contributed by atoms with E-state index in [1.54, 1.807) is 28.6 Å². The van der Waals surface area contributed by atoms with Gasteiger partial charge in [-0.1, -0.05) is 20.3 Å². The van der Waals surface area contributed by atoms with Crippen molar-refractivity contribution in [2.24, 2.45) is 5.92 Å². The molecule has 30 heavy (non-hydrogen) atoms. The maximum Gasteiger partial charge on any atom is 0.243 e. The molecule has 0 bridgehead atoms. The monoisotopic (exact) mass is 432 g/mol. The zero-order chi connectivity index (χ0) is 21.9. The zero-order valence-corrected chi connectivity index (χ0v) is 19.1. The summed E-state index contributed by atoms with van der Waals surface area (Å²) in [7, 11) is -3.46. The molecular weight excluding hydrogens is 400 g/mol. The third kappa shape index (κ3) is 5.10. The van der Waals surface area contributed by atoms with E-state index in [2.05, 4.69) is 24.3 Å². The molecule has 0 atom stereocenters. The van der Waals surface area contributed by atoms with Gasteiger partial charge in [-0.2, -0.15) is 9.40 Å². The molecule has 2 aromatic rings. The number of carbonyl (C=O) groups is 1. The molecule has 1 fully saturated rings. The summed E-state index contributed by atoms with van der Waals surface area (Å²) in [5.74, 6) is 0.335. The Morgan fingerprint density at radius 3 is 2.33 bits per heavy atom. The number of nitrogens with zero attached hydrogens (tertiary/aromatic N) is 3. The lowest BCUT2D eigenvalue weighted by Gasteiger charge is -2.25. The second-order valence-corrected chi connectivity index (χ2v) is 10.4. The maximum atomic E-state index is 12.7. The molecule has 1 saturated heterocycles. The van der Waals surface area contributed by atoms with E-state index >= 15 is 0 Å².